The highest BCUT2D eigenvalue weighted by Gasteiger charge is 2.11. The molecule has 2 aromatic carbocycles. The number of hydrogen-bond acceptors (Lipinski definition) is 4. The summed E-state index contributed by atoms with van der Waals surface area (Å²) >= 11 is 2.21. The van der Waals surface area contributed by atoms with Crippen molar-refractivity contribution in [2.75, 3.05) is 19.4 Å². The molecule has 0 aliphatic heterocycles. The fourth-order valence-electron chi connectivity index (χ4n) is 4.82. The molecule has 2 unspecified atom stereocenters. The van der Waals surface area contributed by atoms with Crippen LogP contribution in [-0.2, 0) is 13.0 Å². The van der Waals surface area contributed by atoms with Crippen LogP contribution in [0.4, 0.5) is 4.39 Å². The number of likely N-dealkylation sites (N-methyl/N-ethyl adjacent to an activating group) is 1. The SMILES string of the molecule is CC.CC.CCC(Cc1ccc(OCc2ccccc2)cc1)NC.CCCC(C)F.OCCCCCCSC1CCCCCC1. The van der Waals surface area contributed by atoms with Crippen molar-refractivity contribution in [3.63, 3.8) is 0 Å². The second-order valence-electron chi connectivity index (χ2n) is 11.2. The number of halogens is 1. The van der Waals surface area contributed by atoms with Crippen molar-refractivity contribution in [2.24, 2.45) is 0 Å². The van der Waals surface area contributed by atoms with Crippen molar-refractivity contribution < 1.29 is 14.2 Å². The molecule has 1 aliphatic rings. The Morgan fingerprint density at radius 3 is 1.93 bits per heavy atom. The minimum absolute atomic E-state index is 0.371. The highest BCUT2D eigenvalue weighted by molar-refractivity contribution is 7.99. The summed E-state index contributed by atoms with van der Waals surface area (Å²) in [6, 6.07) is 19.2. The molecular formula is C40H72FNO2S. The third-order valence-corrected chi connectivity index (χ3v) is 8.92. The van der Waals surface area contributed by atoms with E-state index < -0.39 is 6.17 Å². The van der Waals surface area contributed by atoms with Crippen LogP contribution in [-0.4, -0.2) is 42.0 Å². The monoisotopic (exact) mass is 650 g/mol. The molecular weight excluding hydrogens is 578 g/mol. The van der Waals surface area contributed by atoms with Crippen molar-refractivity contribution in [3.05, 3.63) is 65.7 Å². The van der Waals surface area contributed by atoms with Crippen molar-refractivity contribution in [2.45, 2.75) is 162 Å². The minimum Gasteiger partial charge on any atom is -0.489 e. The lowest BCUT2D eigenvalue weighted by Crippen LogP contribution is -2.26. The molecule has 3 rings (SSSR count). The van der Waals surface area contributed by atoms with Gasteiger partial charge in [-0.3, -0.25) is 0 Å². The molecule has 1 fully saturated rings. The Kier molecular flexibility index (Phi) is 35.7. The normalized spacial score (nSPS) is 13.9. The molecule has 1 aliphatic carbocycles. The molecule has 0 aromatic heterocycles. The molecule has 0 spiro atoms. The van der Waals surface area contributed by atoms with Gasteiger partial charge in [0.05, 0.1) is 6.17 Å². The summed E-state index contributed by atoms with van der Waals surface area (Å²) in [6.45, 7) is 14.8. The molecule has 5 heteroatoms. The highest BCUT2D eigenvalue weighted by atomic mass is 32.2. The van der Waals surface area contributed by atoms with Gasteiger partial charge in [-0.05, 0) is 87.9 Å². The molecule has 1 saturated carbocycles. The van der Waals surface area contributed by atoms with Gasteiger partial charge in [0.2, 0.25) is 0 Å². The van der Waals surface area contributed by atoms with Crippen LogP contribution < -0.4 is 10.1 Å². The van der Waals surface area contributed by atoms with Crippen LogP contribution in [0.3, 0.4) is 0 Å². The predicted octanol–water partition coefficient (Wildman–Crippen LogP) is 12.0. The summed E-state index contributed by atoms with van der Waals surface area (Å²) in [4.78, 5) is 0. The highest BCUT2D eigenvalue weighted by Crippen LogP contribution is 2.28. The fraction of sp³-hybridized carbons (Fsp3) is 0.700. The molecule has 2 aromatic rings. The largest absolute Gasteiger partial charge is 0.489 e. The second kappa shape index (κ2) is 35.3. The Labute approximate surface area is 283 Å². The van der Waals surface area contributed by atoms with E-state index in [1.54, 1.807) is 6.92 Å². The van der Waals surface area contributed by atoms with Gasteiger partial charge in [0.1, 0.15) is 12.4 Å². The van der Waals surface area contributed by atoms with Crippen LogP contribution in [0.25, 0.3) is 0 Å². The molecule has 2 atom stereocenters. The number of ether oxygens (including phenoxy) is 1. The first-order valence-electron chi connectivity index (χ1n) is 18.3. The maximum Gasteiger partial charge on any atom is 0.119 e. The Bertz CT molecular complexity index is 807. The van der Waals surface area contributed by atoms with Crippen molar-refractivity contribution in [3.8, 4) is 5.75 Å². The zero-order valence-electron chi connectivity index (χ0n) is 30.6. The van der Waals surface area contributed by atoms with Gasteiger partial charge in [-0.1, -0.05) is 129 Å². The van der Waals surface area contributed by atoms with Crippen LogP contribution in [0, 0.1) is 0 Å². The first kappa shape index (κ1) is 45.6. The summed E-state index contributed by atoms with van der Waals surface area (Å²) in [5, 5.41) is 12.9. The van der Waals surface area contributed by atoms with Crippen LogP contribution >= 0.6 is 11.8 Å². The van der Waals surface area contributed by atoms with Gasteiger partial charge in [0.25, 0.3) is 0 Å². The maximum absolute atomic E-state index is 11.7. The Hall–Kier alpha value is -1.56. The van der Waals surface area contributed by atoms with Crippen molar-refractivity contribution in [1.29, 1.82) is 0 Å². The first-order chi connectivity index (χ1) is 22.0. The molecule has 0 radical (unpaired) electrons. The van der Waals surface area contributed by atoms with Gasteiger partial charge in [-0.25, -0.2) is 4.39 Å². The van der Waals surface area contributed by atoms with E-state index in [4.69, 9.17) is 9.84 Å². The molecule has 45 heavy (non-hydrogen) atoms. The van der Waals surface area contributed by atoms with Crippen LogP contribution in [0.5, 0.6) is 5.75 Å². The Morgan fingerprint density at radius 2 is 1.44 bits per heavy atom. The quantitative estimate of drug-likeness (QED) is 0.140. The predicted molar refractivity (Wildman–Crippen MR) is 202 cm³/mol. The lowest BCUT2D eigenvalue weighted by atomic mass is 10.0. The summed E-state index contributed by atoms with van der Waals surface area (Å²) in [7, 11) is 2.02. The van der Waals surface area contributed by atoms with E-state index in [1.807, 2.05) is 59.9 Å². The number of nitrogens with one attached hydrogen (secondary N) is 1. The van der Waals surface area contributed by atoms with Crippen LogP contribution in [0.1, 0.15) is 143 Å². The van der Waals surface area contributed by atoms with Gasteiger partial charge in [0.15, 0.2) is 0 Å². The van der Waals surface area contributed by atoms with Gasteiger partial charge in [-0.2, -0.15) is 11.8 Å². The van der Waals surface area contributed by atoms with E-state index in [-0.39, 0.29) is 0 Å². The minimum atomic E-state index is -0.602. The number of rotatable bonds is 16. The Morgan fingerprint density at radius 1 is 0.844 bits per heavy atom. The molecule has 262 valence electrons. The zero-order valence-corrected chi connectivity index (χ0v) is 31.4. The van der Waals surface area contributed by atoms with E-state index in [1.165, 1.54) is 74.7 Å². The molecule has 2 N–H and O–H groups in total. The Balaban J connectivity index is 0. The summed E-state index contributed by atoms with van der Waals surface area (Å²) in [5.41, 5.74) is 2.54. The average molecular weight is 650 g/mol. The van der Waals surface area contributed by atoms with E-state index in [0.717, 1.165) is 36.7 Å². The molecule has 0 bridgehead atoms. The van der Waals surface area contributed by atoms with Gasteiger partial charge in [0, 0.05) is 17.9 Å². The second-order valence-corrected chi connectivity index (χ2v) is 12.6. The molecule has 0 amide bonds. The third-order valence-electron chi connectivity index (χ3n) is 7.45. The molecule has 0 saturated heterocycles. The van der Waals surface area contributed by atoms with Gasteiger partial charge in [-0.15, -0.1) is 0 Å². The van der Waals surface area contributed by atoms with E-state index in [2.05, 4.69) is 60.4 Å². The number of aliphatic hydroxyl groups excluding tert-OH is 1. The van der Waals surface area contributed by atoms with Crippen LogP contribution in [0.15, 0.2) is 54.6 Å². The number of alkyl halides is 1. The average Bonchev–Trinajstić information content (AvgIpc) is 3.36. The molecule has 0 heterocycles. The number of hydrogen-bond donors (Lipinski definition) is 2. The number of benzene rings is 2. The van der Waals surface area contributed by atoms with Gasteiger partial charge < -0.3 is 15.2 Å². The zero-order chi connectivity index (χ0) is 34.0. The molecule has 3 nitrogen and oxygen atoms in total. The van der Waals surface area contributed by atoms with Crippen molar-refractivity contribution >= 4 is 11.8 Å². The van der Waals surface area contributed by atoms with Crippen LogP contribution in [0.2, 0.25) is 0 Å². The van der Waals surface area contributed by atoms with E-state index >= 15 is 0 Å². The van der Waals surface area contributed by atoms with Gasteiger partial charge >= 0.3 is 0 Å². The summed E-state index contributed by atoms with van der Waals surface area (Å²) < 4.78 is 17.5. The maximum atomic E-state index is 11.7. The van der Waals surface area contributed by atoms with Crippen molar-refractivity contribution in [1.82, 2.24) is 5.32 Å². The number of unbranched alkanes of at least 4 members (excludes halogenated alkanes) is 3. The lowest BCUT2D eigenvalue weighted by Gasteiger charge is -2.14. The fourth-order valence-corrected chi connectivity index (χ4v) is 6.19. The number of thioether (sulfide) groups is 1. The third kappa shape index (κ3) is 28.4. The summed E-state index contributed by atoms with van der Waals surface area (Å²) in [5.74, 6) is 2.27. The topological polar surface area (TPSA) is 41.5 Å². The number of aliphatic hydroxyl groups is 1. The smallest absolute Gasteiger partial charge is 0.119 e. The first-order valence-corrected chi connectivity index (χ1v) is 19.4. The lowest BCUT2D eigenvalue weighted by molar-refractivity contribution is 0.283. The standard InChI is InChI=1S/C18H23NO.C13H26OS.C5H11F.2C2H6/c1-3-17(19-2)13-15-9-11-18(12-10-15)20-14-16-7-5-4-6-8-16;14-11-7-3-4-8-12-15-13-9-5-1-2-6-10-13;1-3-4-5(2)6;2*1-2/h4-12,17,19H,3,13-14H2,1-2H3;13-14H,1-12H2;5H,3-4H2,1-2H3;2*1-2H3. The van der Waals surface area contributed by atoms with E-state index in [0.29, 0.717) is 25.7 Å². The van der Waals surface area contributed by atoms with E-state index in [9.17, 15) is 4.39 Å². The summed E-state index contributed by atoms with van der Waals surface area (Å²) in [6.07, 6.45) is 16.9.